The van der Waals surface area contributed by atoms with Crippen LogP contribution in [-0.4, -0.2) is 24.3 Å². The van der Waals surface area contributed by atoms with Crippen LogP contribution < -0.4 is 11.1 Å². The molecule has 0 saturated heterocycles. The lowest BCUT2D eigenvalue weighted by Gasteiger charge is -2.06. The number of hydrogen-bond donors (Lipinski definition) is 3. The summed E-state index contributed by atoms with van der Waals surface area (Å²) in [7, 11) is 0. The number of rotatable bonds is 7. The summed E-state index contributed by atoms with van der Waals surface area (Å²) in [6.07, 6.45) is 1.88. The minimum Gasteiger partial charge on any atom is -0.466 e. The smallest absolute Gasteiger partial charge is 0.309 e. The molecule has 1 rings (SSSR count). The molecule has 0 heterocycles. The van der Waals surface area contributed by atoms with Crippen molar-refractivity contribution in [3.05, 3.63) is 36.2 Å². The summed E-state index contributed by atoms with van der Waals surface area (Å²) < 4.78 is 4.72. The SMILES string of the molecule is CCOC(=O)[CH]CCC(=O)Nc1ccc(C(=N)N)cc1. The Morgan fingerprint density at radius 2 is 2.00 bits per heavy atom. The second kappa shape index (κ2) is 7.93. The minimum absolute atomic E-state index is 0.0214. The predicted octanol–water partition coefficient (Wildman–Crippen LogP) is 1.46. The highest BCUT2D eigenvalue weighted by Gasteiger charge is 2.06. The lowest BCUT2D eigenvalue weighted by Crippen LogP contribution is -2.14. The Balaban J connectivity index is 2.35. The van der Waals surface area contributed by atoms with E-state index in [1.807, 2.05) is 0 Å². The number of carbonyl (C=O) groups is 2. The van der Waals surface area contributed by atoms with Crippen LogP contribution in [0.25, 0.3) is 0 Å². The maximum atomic E-state index is 11.6. The Kier molecular flexibility index (Phi) is 6.22. The molecule has 6 nitrogen and oxygen atoms in total. The highest BCUT2D eigenvalue weighted by atomic mass is 16.5. The number of nitrogen functional groups attached to an aromatic ring is 1. The van der Waals surface area contributed by atoms with Crippen molar-refractivity contribution in [2.45, 2.75) is 19.8 Å². The first kappa shape index (κ1) is 15.7. The molecule has 1 amide bonds. The van der Waals surface area contributed by atoms with Crippen molar-refractivity contribution < 1.29 is 14.3 Å². The van der Waals surface area contributed by atoms with Crippen molar-refractivity contribution in [2.24, 2.45) is 5.73 Å². The summed E-state index contributed by atoms with van der Waals surface area (Å²) >= 11 is 0. The molecule has 0 saturated carbocycles. The number of ether oxygens (including phenoxy) is 1. The molecule has 0 bridgehead atoms. The second-order valence-corrected chi connectivity index (χ2v) is 4.03. The van der Waals surface area contributed by atoms with Crippen molar-refractivity contribution in [3.63, 3.8) is 0 Å². The molecule has 0 aliphatic rings. The van der Waals surface area contributed by atoms with E-state index in [-0.39, 0.29) is 18.2 Å². The van der Waals surface area contributed by atoms with Crippen LogP contribution in [0, 0.1) is 11.8 Å². The molecule has 0 atom stereocenters. The van der Waals surface area contributed by atoms with E-state index in [1.165, 1.54) is 6.42 Å². The third-order valence-corrected chi connectivity index (χ3v) is 2.45. The second-order valence-electron chi connectivity index (χ2n) is 4.03. The topological polar surface area (TPSA) is 105 Å². The summed E-state index contributed by atoms with van der Waals surface area (Å²) in [6.45, 7) is 2.05. The molecule has 4 N–H and O–H groups in total. The first-order valence-corrected chi connectivity index (χ1v) is 6.27. The molecule has 107 valence electrons. The zero-order chi connectivity index (χ0) is 15.0. The van der Waals surface area contributed by atoms with E-state index in [4.69, 9.17) is 15.9 Å². The van der Waals surface area contributed by atoms with Gasteiger partial charge in [-0.2, -0.15) is 0 Å². The first-order chi connectivity index (χ1) is 9.52. The van der Waals surface area contributed by atoms with Crippen LogP contribution in [-0.2, 0) is 14.3 Å². The summed E-state index contributed by atoms with van der Waals surface area (Å²) in [5.41, 5.74) is 6.55. The predicted molar refractivity (Wildman–Crippen MR) is 76.3 cm³/mol. The molecule has 1 aromatic rings. The number of esters is 1. The van der Waals surface area contributed by atoms with Crippen molar-refractivity contribution in [1.29, 1.82) is 5.41 Å². The molecule has 6 heteroatoms. The van der Waals surface area contributed by atoms with Gasteiger partial charge >= 0.3 is 5.97 Å². The lowest BCUT2D eigenvalue weighted by molar-refractivity contribution is -0.139. The fourth-order valence-corrected chi connectivity index (χ4v) is 1.48. The van der Waals surface area contributed by atoms with Gasteiger partial charge in [0.15, 0.2) is 0 Å². The fourth-order valence-electron chi connectivity index (χ4n) is 1.48. The molecule has 0 aliphatic carbocycles. The molecule has 0 unspecified atom stereocenters. The maximum Gasteiger partial charge on any atom is 0.309 e. The zero-order valence-corrected chi connectivity index (χ0v) is 11.3. The Hall–Kier alpha value is -2.37. The van der Waals surface area contributed by atoms with E-state index in [0.717, 1.165) is 0 Å². The molecular weight excluding hydrogens is 258 g/mol. The van der Waals surface area contributed by atoms with Crippen LogP contribution in [0.4, 0.5) is 5.69 Å². The van der Waals surface area contributed by atoms with Crippen molar-refractivity contribution >= 4 is 23.4 Å². The molecule has 0 aliphatic heterocycles. The summed E-state index contributed by atoms with van der Waals surface area (Å²) in [5, 5.41) is 9.95. The quantitative estimate of drug-likeness (QED) is 0.398. The fraction of sp³-hybridized carbons (Fsp3) is 0.286. The first-order valence-electron chi connectivity index (χ1n) is 6.27. The van der Waals surface area contributed by atoms with Gasteiger partial charge < -0.3 is 15.8 Å². The number of anilines is 1. The van der Waals surface area contributed by atoms with Crippen LogP contribution in [0.5, 0.6) is 0 Å². The monoisotopic (exact) mass is 276 g/mol. The van der Waals surface area contributed by atoms with E-state index in [1.54, 1.807) is 31.2 Å². The van der Waals surface area contributed by atoms with E-state index in [0.29, 0.717) is 24.3 Å². The van der Waals surface area contributed by atoms with E-state index < -0.39 is 5.97 Å². The molecule has 0 aromatic heterocycles. The van der Waals surface area contributed by atoms with Gasteiger partial charge in [0.05, 0.1) is 13.0 Å². The number of nitrogens with one attached hydrogen (secondary N) is 2. The Labute approximate surface area is 117 Å². The third kappa shape index (κ3) is 5.51. The van der Waals surface area contributed by atoms with Gasteiger partial charge in [-0.3, -0.25) is 15.0 Å². The van der Waals surface area contributed by atoms with Gasteiger partial charge in [0.1, 0.15) is 5.84 Å². The molecule has 0 spiro atoms. The minimum atomic E-state index is -0.411. The van der Waals surface area contributed by atoms with E-state index in [2.05, 4.69) is 5.32 Å². The number of amides is 1. The summed E-state index contributed by atoms with van der Waals surface area (Å²) in [4.78, 5) is 22.7. The van der Waals surface area contributed by atoms with Crippen LogP contribution in [0.3, 0.4) is 0 Å². The van der Waals surface area contributed by atoms with Gasteiger partial charge in [0.25, 0.3) is 0 Å². The lowest BCUT2D eigenvalue weighted by atomic mass is 10.2. The number of amidine groups is 1. The van der Waals surface area contributed by atoms with Gasteiger partial charge in [-0.15, -0.1) is 0 Å². The van der Waals surface area contributed by atoms with Gasteiger partial charge in [-0.1, -0.05) is 0 Å². The van der Waals surface area contributed by atoms with Crippen molar-refractivity contribution in [3.8, 4) is 0 Å². The average molecular weight is 276 g/mol. The number of hydrogen-bond acceptors (Lipinski definition) is 4. The molecule has 1 radical (unpaired) electrons. The summed E-state index contributed by atoms with van der Waals surface area (Å²) in [5.74, 6) is -0.626. The van der Waals surface area contributed by atoms with E-state index in [9.17, 15) is 9.59 Å². The van der Waals surface area contributed by atoms with Gasteiger partial charge in [0, 0.05) is 17.7 Å². The highest BCUT2D eigenvalue weighted by Crippen LogP contribution is 2.10. The highest BCUT2D eigenvalue weighted by molar-refractivity contribution is 5.96. The van der Waals surface area contributed by atoms with Crippen LogP contribution in [0.1, 0.15) is 25.3 Å². The summed E-state index contributed by atoms with van der Waals surface area (Å²) in [6, 6.07) is 6.65. The number of carbonyl (C=O) groups excluding carboxylic acids is 2. The van der Waals surface area contributed by atoms with Gasteiger partial charge in [-0.05, 0) is 37.6 Å². The standard InChI is InChI=1S/C14H18N3O3/c1-2-20-13(19)5-3-4-12(18)17-11-8-6-10(7-9-11)14(15)16/h5-9H,2-4H2,1H3,(H3,15,16)(H,17,18). The number of nitrogens with two attached hydrogens (primary N) is 1. The van der Waals surface area contributed by atoms with Crippen molar-refractivity contribution in [2.75, 3.05) is 11.9 Å². The largest absolute Gasteiger partial charge is 0.466 e. The molecule has 1 aromatic carbocycles. The van der Waals surface area contributed by atoms with Crippen molar-refractivity contribution in [1.82, 2.24) is 0 Å². The van der Waals surface area contributed by atoms with E-state index >= 15 is 0 Å². The average Bonchev–Trinajstić information content (AvgIpc) is 2.39. The van der Waals surface area contributed by atoms with Crippen LogP contribution in [0.15, 0.2) is 24.3 Å². The van der Waals surface area contributed by atoms with Gasteiger partial charge in [0.2, 0.25) is 5.91 Å². The molecular formula is C14H18N3O3. The van der Waals surface area contributed by atoms with Crippen LogP contribution >= 0.6 is 0 Å². The third-order valence-electron chi connectivity index (χ3n) is 2.45. The van der Waals surface area contributed by atoms with Gasteiger partial charge in [-0.25, -0.2) is 0 Å². The molecule has 0 fully saturated rings. The normalized spacial score (nSPS) is 9.85. The van der Waals surface area contributed by atoms with Crippen LogP contribution in [0.2, 0.25) is 0 Å². The Bertz CT molecular complexity index is 483. The Morgan fingerprint density at radius 1 is 1.35 bits per heavy atom. The zero-order valence-electron chi connectivity index (χ0n) is 11.3. The molecule has 20 heavy (non-hydrogen) atoms. The number of benzene rings is 1. The Morgan fingerprint density at radius 3 is 2.55 bits per heavy atom. The maximum absolute atomic E-state index is 11.6.